The van der Waals surface area contributed by atoms with Crippen molar-refractivity contribution in [1.29, 1.82) is 0 Å². The third kappa shape index (κ3) is 6.69. The third-order valence-corrected chi connectivity index (χ3v) is 6.21. The van der Waals surface area contributed by atoms with Crippen LogP contribution in [0.2, 0.25) is 0 Å². The van der Waals surface area contributed by atoms with Gasteiger partial charge in [0.15, 0.2) is 5.96 Å². The SMILES string of the molecule is CCNC(=NCCc1ccc(NC(C)=O)cc1)N1CCN(C(C)C(=O)N2CCCC2)CC1. The number of hydrogen-bond acceptors (Lipinski definition) is 4. The number of hydrogen-bond donors (Lipinski definition) is 2. The quantitative estimate of drug-likeness (QED) is 0.497. The van der Waals surface area contributed by atoms with Crippen molar-refractivity contribution in [2.24, 2.45) is 4.99 Å². The first-order valence-electron chi connectivity index (χ1n) is 11.9. The zero-order valence-electron chi connectivity index (χ0n) is 19.8. The molecule has 2 heterocycles. The van der Waals surface area contributed by atoms with E-state index >= 15 is 0 Å². The molecule has 0 aromatic heterocycles. The van der Waals surface area contributed by atoms with Gasteiger partial charge in [-0.1, -0.05) is 12.1 Å². The van der Waals surface area contributed by atoms with Gasteiger partial charge in [0.2, 0.25) is 11.8 Å². The van der Waals surface area contributed by atoms with E-state index in [-0.39, 0.29) is 17.9 Å². The highest BCUT2D eigenvalue weighted by Gasteiger charge is 2.30. The van der Waals surface area contributed by atoms with Crippen LogP contribution in [0.1, 0.15) is 39.2 Å². The summed E-state index contributed by atoms with van der Waals surface area (Å²) in [7, 11) is 0. The summed E-state index contributed by atoms with van der Waals surface area (Å²) in [6.07, 6.45) is 3.11. The van der Waals surface area contributed by atoms with Gasteiger partial charge in [0, 0.05) is 65.0 Å². The van der Waals surface area contributed by atoms with Gasteiger partial charge in [-0.25, -0.2) is 0 Å². The van der Waals surface area contributed by atoms with Crippen LogP contribution in [0.15, 0.2) is 29.3 Å². The van der Waals surface area contributed by atoms with Gasteiger partial charge in [-0.3, -0.25) is 19.5 Å². The van der Waals surface area contributed by atoms with Crippen molar-refractivity contribution in [3.8, 4) is 0 Å². The number of nitrogens with zero attached hydrogens (tertiary/aromatic N) is 4. The Morgan fingerprint density at radius 1 is 1.00 bits per heavy atom. The second-order valence-corrected chi connectivity index (χ2v) is 8.60. The molecule has 0 bridgehead atoms. The van der Waals surface area contributed by atoms with Gasteiger partial charge in [-0.2, -0.15) is 0 Å². The monoisotopic (exact) mass is 442 g/mol. The Morgan fingerprint density at radius 2 is 1.66 bits per heavy atom. The molecular weight excluding hydrogens is 404 g/mol. The van der Waals surface area contributed by atoms with Gasteiger partial charge < -0.3 is 20.4 Å². The zero-order valence-corrected chi connectivity index (χ0v) is 19.8. The number of amides is 2. The maximum atomic E-state index is 12.7. The highest BCUT2D eigenvalue weighted by molar-refractivity contribution is 5.88. The van der Waals surface area contributed by atoms with Crippen molar-refractivity contribution in [2.75, 3.05) is 57.7 Å². The van der Waals surface area contributed by atoms with E-state index in [0.29, 0.717) is 6.54 Å². The molecule has 3 rings (SSSR count). The van der Waals surface area contributed by atoms with Crippen LogP contribution in [0.3, 0.4) is 0 Å². The number of carbonyl (C=O) groups is 2. The first kappa shape index (κ1) is 24.0. The van der Waals surface area contributed by atoms with Crippen molar-refractivity contribution < 1.29 is 9.59 Å². The summed E-state index contributed by atoms with van der Waals surface area (Å²) in [6.45, 7) is 12.5. The van der Waals surface area contributed by atoms with Crippen LogP contribution in [-0.4, -0.2) is 90.9 Å². The molecule has 0 radical (unpaired) electrons. The van der Waals surface area contributed by atoms with Crippen LogP contribution < -0.4 is 10.6 Å². The molecule has 2 amide bonds. The number of nitrogens with one attached hydrogen (secondary N) is 2. The predicted octanol–water partition coefficient (Wildman–Crippen LogP) is 1.78. The van der Waals surface area contributed by atoms with E-state index in [1.165, 1.54) is 12.5 Å². The third-order valence-electron chi connectivity index (χ3n) is 6.21. The maximum absolute atomic E-state index is 12.7. The lowest BCUT2D eigenvalue weighted by atomic mass is 10.1. The van der Waals surface area contributed by atoms with Gasteiger partial charge >= 0.3 is 0 Å². The molecule has 1 atom stereocenters. The number of rotatable bonds is 7. The maximum Gasteiger partial charge on any atom is 0.239 e. The van der Waals surface area contributed by atoms with E-state index in [4.69, 9.17) is 4.99 Å². The number of anilines is 1. The number of carbonyl (C=O) groups excluding carboxylic acids is 2. The standard InChI is InChI=1S/C24H38N6O2/c1-4-25-24(26-12-11-21-7-9-22(10-8-21)27-20(3)31)30-17-15-28(16-18-30)19(2)23(32)29-13-5-6-14-29/h7-10,19H,4-6,11-18H2,1-3H3,(H,25,26)(H,27,31). The molecule has 2 saturated heterocycles. The molecule has 0 saturated carbocycles. The molecule has 2 aliphatic rings. The van der Waals surface area contributed by atoms with Crippen LogP contribution >= 0.6 is 0 Å². The van der Waals surface area contributed by atoms with E-state index in [2.05, 4.69) is 27.4 Å². The fraction of sp³-hybridized carbons (Fsp3) is 0.625. The molecule has 0 aliphatic carbocycles. The Hall–Kier alpha value is -2.61. The highest BCUT2D eigenvalue weighted by Crippen LogP contribution is 2.14. The molecule has 176 valence electrons. The Balaban J connectivity index is 1.49. The first-order chi connectivity index (χ1) is 15.5. The van der Waals surface area contributed by atoms with E-state index in [9.17, 15) is 9.59 Å². The fourth-order valence-corrected chi connectivity index (χ4v) is 4.35. The average molecular weight is 443 g/mol. The zero-order chi connectivity index (χ0) is 22.9. The molecule has 0 spiro atoms. The van der Waals surface area contributed by atoms with Crippen molar-refractivity contribution in [3.05, 3.63) is 29.8 Å². The number of likely N-dealkylation sites (tertiary alicyclic amines) is 1. The summed E-state index contributed by atoms with van der Waals surface area (Å²) in [5.41, 5.74) is 2.01. The van der Waals surface area contributed by atoms with Crippen molar-refractivity contribution in [2.45, 2.75) is 46.1 Å². The second kappa shape index (κ2) is 11.9. The first-order valence-corrected chi connectivity index (χ1v) is 11.9. The molecule has 8 heteroatoms. The Labute approximate surface area is 192 Å². The smallest absolute Gasteiger partial charge is 0.239 e. The molecule has 2 aliphatic heterocycles. The van der Waals surface area contributed by atoms with Gasteiger partial charge in [0.25, 0.3) is 0 Å². The van der Waals surface area contributed by atoms with Crippen molar-refractivity contribution in [1.82, 2.24) is 20.0 Å². The summed E-state index contributed by atoms with van der Waals surface area (Å²) in [5.74, 6) is 1.16. The van der Waals surface area contributed by atoms with Gasteiger partial charge in [-0.05, 0) is 50.8 Å². The molecule has 2 fully saturated rings. The van der Waals surface area contributed by atoms with E-state index < -0.39 is 0 Å². The highest BCUT2D eigenvalue weighted by atomic mass is 16.2. The molecule has 1 unspecified atom stereocenters. The molecule has 1 aromatic rings. The Morgan fingerprint density at radius 3 is 2.25 bits per heavy atom. The Kier molecular flexibility index (Phi) is 8.90. The fourth-order valence-electron chi connectivity index (χ4n) is 4.35. The summed E-state index contributed by atoms with van der Waals surface area (Å²) in [6, 6.07) is 7.87. The van der Waals surface area contributed by atoms with Crippen molar-refractivity contribution in [3.63, 3.8) is 0 Å². The number of benzene rings is 1. The molecule has 32 heavy (non-hydrogen) atoms. The normalized spacial score (nSPS) is 18.5. The predicted molar refractivity (Wildman–Crippen MR) is 129 cm³/mol. The van der Waals surface area contributed by atoms with E-state index in [1.807, 2.05) is 36.1 Å². The lowest BCUT2D eigenvalue weighted by Gasteiger charge is -2.39. The van der Waals surface area contributed by atoms with Crippen LogP contribution in [0.5, 0.6) is 0 Å². The van der Waals surface area contributed by atoms with Gasteiger partial charge in [0.1, 0.15) is 0 Å². The minimum atomic E-state index is -0.0625. The summed E-state index contributed by atoms with van der Waals surface area (Å²) >= 11 is 0. The summed E-state index contributed by atoms with van der Waals surface area (Å²) in [4.78, 5) is 35.3. The lowest BCUT2D eigenvalue weighted by molar-refractivity contribution is -0.135. The Bertz CT molecular complexity index is 780. The topological polar surface area (TPSA) is 80.3 Å². The van der Waals surface area contributed by atoms with E-state index in [0.717, 1.165) is 76.7 Å². The molecule has 8 nitrogen and oxygen atoms in total. The average Bonchev–Trinajstić information content (AvgIpc) is 3.33. The minimum absolute atomic E-state index is 0.0461. The van der Waals surface area contributed by atoms with Crippen molar-refractivity contribution >= 4 is 23.5 Å². The number of aliphatic imine (C=N–C) groups is 1. The minimum Gasteiger partial charge on any atom is -0.357 e. The summed E-state index contributed by atoms with van der Waals surface area (Å²) in [5, 5.41) is 6.20. The van der Waals surface area contributed by atoms with Gasteiger partial charge in [-0.15, -0.1) is 0 Å². The van der Waals surface area contributed by atoms with Crippen LogP contribution in [0, 0.1) is 0 Å². The molecule has 1 aromatic carbocycles. The van der Waals surface area contributed by atoms with Crippen LogP contribution in [0.4, 0.5) is 5.69 Å². The molecular formula is C24H38N6O2. The largest absolute Gasteiger partial charge is 0.357 e. The van der Waals surface area contributed by atoms with Crippen LogP contribution in [-0.2, 0) is 16.0 Å². The summed E-state index contributed by atoms with van der Waals surface area (Å²) < 4.78 is 0. The van der Waals surface area contributed by atoms with Gasteiger partial charge in [0.05, 0.1) is 6.04 Å². The second-order valence-electron chi connectivity index (χ2n) is 8.60. The number of piperazine rings is 1. The van der Waals surface area contributed by atoms with Crippen LogP contribution in [0.25, 0.3) is 0 Å². The molecule has 2 N–H and O–H groups in total. The number of guanidine groups is 1. The lowest BCUT2D eigenvalue weighted by Crippen LogP contribution is -2.57. The van der Waals surface area contributed by atoms with E-state index in [1.54, 1.807) is 0 Å².